The van der Waals surface area contributed by atoms with Gasteiger partial charge in [-0.2, -0.15) is 0 Å². The van der Waals surface area contributed by atoms with Gasteiger partial charge in [-0.3, -0.25) is 0 Å². The van der Waals surface area contributed by atoms with Crippen LogP contribution in [0.5, 0.6) is 0 Å². The van der Waals surface area contributed by atoms with E-state index in [4.69, 9.17) is 18.9 Å². The van der Waals surface area contributed by atoms with E-state index in [9.17, 15) is 10.2 Å². The molecular formula is C34H36O6. The van der Waals surface area contributed by atoms with Crippen LogP contribution in [0.4, 0.5) is 0 Å². The van der Waals surface area contributed by atoms with Crippen LogP contribution in [-0.2, 0) is 45.4 Å². The Kier molecular flexibility index (Phi) is 10.1. The zero-order chi connectivity index (χ0) is 27.6. The molecule has 0 spiro atoms. The Labute approximate surface area is 235 Å². The fourth-order valence-corrected chi connectivity index (χ4v) is 4.99. The minimum Gasteiger partial charge on any atom is -0.387 e. The van der Waals surface area contributed by atoms with Gasteiger partial charge in [-0.1, -0.05) is 121 Å². The molecule has 0 saturated heterocycles. The van der Waals surface area contributed by atoms with Gasteiger partial charge in [-0.15, -0.1) is 0 Å². The largest absolute Gasteiger partial charge is 0.387 e. The van der Waals surface area contributed by atoms with Crippen molar-refractivity contribution < 1.29 is 29.2 Å². The summed E-state index contributed by atoms with van der Waals surface area (Å²) < 4.78 is 25.2. The Hall–Kier alpha value is -3.36. The number of benzene rings is 4. The third-order valence-corrected chi connectivity index (χ3v) is 7.14. The lowest BCUT2D eigenvalue weighted by Crippen LogP contribution is -2.66. The second-order valence-corrected chi connectivity index (χ2v) is 10.0. The highest BCUT2D eigenvalue weighted by Gasteiger charge is 2.52. The summed E-state index contributed by atoms with van der Waals surface area (Å²) in [4.78, 5) is 0. The van der Waals surface area contributed by atoms with Gasteiger partial charge in [0.1, 0.15) is 36.6 Å². The van der Waals surface area contributed by atoms with Crippen molar-refractivity contribution in [2.45, 2.75) is 63.1 Å². The molecule has 6 heteroatoms. The lowest BCUT2D eigenvalue weighted by atomic mass is 9.84. The molecule has 0 amide bonds. The Bertz CT molecular complexity index is 1200. The van der Waals surface area contributed by atoms with Crippen molar-refractivity contribution in [3.05, 3.63) is 144 Å². The maximum Gasteiger partial charge on any atom is 0.116 e. The van der Waals surface area contributed by atoms with E-state index in [1.54, 1.807) is 0 Å². The van der Waals surface area contributed by atoms with E-state index in [1.807, 2.05) is 121 Å². The number of hydrogen-bond donors (Lipinski definition) is 2. The average Bonchev–Trinajstić information content (AvgIpc) is 3.01. The summed E-state index contributed by atoms with van der Waals surface area (Å²) in [5.74, 6) is 0. The number of aliphatic hydroxyl groups excluding tert-OH is 2. The quantitative estimate of drug-likeness (QED) is 0.262. The molecule has 4 aromatic carbocycles. The molecule has 40 heavy (non-hydrogen) atoms. The first kappa shape index (κ1) is 28.2. The zero-order valence-electron chi connectivity index (χ0n) is 22.4. The summed E-state index contributed by atoms with van der Waals surface area (Å²) in [6.07, 6.45) is -5.63. The lowest BCUT2D eigenvalue weighted by molar-refractivity contribution is -0.273. The van der Waals surface area contributed by atoms with Crippen molar-refractivity contribution in [2.24, 2.45) is 0 Å². The molecule has 1 saturated carbocycles. The molecule has 2 N–H and O–H groups in total. The highest BCUT2D eigenvalue weighted by atomic mass is 16.6. The molecule has 5 rings (SSSR count). The summed E-state index contributed by atoms with van der Waals surface area (Å²) in [6.45, 7) is 1.03. The van der Waals surface area contributed by atoms with Crippen LogP contribution >= 0.6 is 0 Å². The van der Waals surface area contributed by atoms with Crippen LogP contribution in [0.15, 0.2) is 121 Å². The van der Waals surface area contributed by atoms with Gasteiger partial charge in [0.25, 0.3) is 0 Å². The van der Waals surface area contributed by atoms with Gasteiger partial charge in [0.15, 0.2) is 0 Å². The Morgan fingerprint density at radius 2 is 0.600 bits per heavy atom. The molecule has 0 heterocycles. The molecule has 0 radical (unpaired) electrons. The zero-order valence-corrected chi connectivity index (χ0v) is 22.4. The van der Waals surface area contributed by atoms with Crippen LogP contribution in [-0.4, -0.2) is 46.8 Å². The van der Waals surface area contributed by atoms with Crippen LogP contribution in [0.25, 0.3) is 0 Å². The predicted molar refractivity (Wildman–Crippen MR) is 152 cm³/mol. The smallest absolute Gasteiger partial charge is 0.116 e. The second-order valence-electron chi connectivity index (χ2n) is 10.0. The van der Waals surface area contributed by atoms with E-state index in [2.05, 4.69) is 0 Å². The summed E-state index contributed by atoms with van der Waals surface area (Å²) in [7, 11) is 0. The van der Waals surface area contributed by atoms with Gasteiger partial charge in [-0.25, -0.2) is 0 Å². The van der Waals surface area contributed by atoms with Crippen molar-refractivity contribution in [2.75, 3.05) is 0 Å². The van der Waals surface area contributed by atoms with Gasteiger partial charge in [0.05, 0.1) is 26.4 Å². The first-order valence-electron chi connectivity index (χ1n) is 13.7. The van der Waals surface area contributed by atoms with Gasteiger partial charge in [0, 0.05) is 0 Å². The lowest BCUT2D eigenvalue weighted by Gasteiger charge is -2.47. The number of aliphatic hydroxyl groups is 2. The van der Waals surface area contributed by atoms with Crippen molar-refractivity contribution >= 4 is 0 Å². The fourth-order valence-electron chi connectivity index (χ4n) is 4.99. The van der Waals surface area contributed by atoms with Crippen LogP contribution in [0.1, 0.15) is 22.3 Å². The molecule has 4 aromatic rings. The minimum atomic E-state index is -1.15. The van der Waals surface area contributed by atoms with E-state index in [-0.39, 0.29) is 26.4 Å². The normalized spacial score (nSPS) is 24.6. The maximum absolute atomic E-state index is 11.6. The summed E-state index contributed by atoms with van der Waals surface area (Å²) >= 11 is 0. The molecule has 0 aromatic heterocycles. The summed E-state index contributed by atoms with van der Waals surface area (Å²) in [5.41, 5.74) is 3.84. The molecule has 1 aliphatic carbocycles. The maximum atomic E-state index is 11.6. The molecular weight excluding hydrogens is 504 g/mol. The number of hydrogen-bond acceptors (Lipinski definition) is 6. The van der Waals surface area contributed by atoms with E-state index < -0.39 is 36.6 Å². The van der Waals surface area contributed by atoms with E-state index in [0.717, 1.165) is 22.3 Å². The molecule has 0 bridgehead atoms. The Morgan fingerprint density at radius 1 is 0.350 bits per heavy atom. The monoisotopic (exact) mass is 540 g/mol. The van der Waals surface area contributed by atoms with Gasteiger partial charge >= 0.3 is 0 Å². The van der Waals surface area contributed by atoms with E-state index >= 15 is 0 Å². The van der Waals surface area contributed by atoms with Crippen molar-refractivity contribution in [1.82, 2.24) is 0 Å². The third kappa shape index (κ3) is 7.43. The average molecular weight is 541 g/mol. The van der Waals surface area contributed by atoms with Crippen LogP contribution in [0, 0.1) is 0 Å². The van der Waals surface area contributed by atoms with Crippen LogP contribution < -0.4 is 0 Å². The molecule has 208 valence electrons. The third-order valence-electron chi connectivity index (χ3n) is 7.14. The fraction of sp³-hybridized carbons (Fsp3) is 0.294. The van der Waals surface area contributed by atoms with Gasteiger partial charge in [0.2, 0.25) is 0 Å². The highest BCUT2D eigenvalue weighted by Crippen LogP contribution is 2.32. The molecule has 1 aliphatic rings. The number of rotatable bonds is 12. The minimum absolute atomic E-state index is 0.228. The summed E-state index contributed by atoms with van der Waals surface area (Å²) in [5, 5.41) is 23.2. The topological polar surface area (TPSA) is 77.4 Å². The first-order valence-corrected chi connectivity index (χ1v) is 13.7. The Balaban J connectivity index is 1.41. The van der Waals surface area contributed by atoms with E-state index in [1.165, 1.54) is 0 Å². The molecule has 2 unspecified atom stereocenters. The highest BCUT2D eigenvalue weighted by molar-refractivity contribution is 5.17. The van der Waals surface area contributed by atoms with Crippen molar-refractivity contribution in [3.63, 3.8) is 0 Å². The van der Waals surface area contributed by atoms with Crippen LogP contribution in [0.2, 0.25) is 0 Å². The molecule has 6 nitrogen and oxygen atoms in total. The SMILES string of the molecule is O[C@H]1C(OCc2ccccc2)[C@H](O)[C@@H](OCc2ccccc2)C(OCc2ccccc2)[C@H]1OCc1ccccc1. The van der Waals surface area contributed by atoms with Crippen LogP contribution in [0.3, 0.4) is 0 Å². The Morgan fingerprint density at radius 3 is 0.900 bits per heavy atom. The standard InChI is InChI=1S/C34H36O6/c35-29-31(37-21-25-13-5-1-6-14-25)30(36)33(39-23-27-17-9-3-10-18-27)34(40-24-28-19-11-4-12-20-28)32(29)38-22-26-15-7-2-8-16-26/h1-20,29-36H,21-24H2/t29-,30-,31?,32-,33+,34?/m0/s1. The first-order chi connectivity index (χ1) is 19.7. The van der Waals surface area contributed by atoms with Crippen molar-refractivity contribution in [3.8, 4) is 0 Å². The van der Waals surface area contributed by atoms with Gasteiger partial charge in [-0.05, 0) is 22.3 Å². The molecule has 0 aliphatic heterocycles. The summed E-state index contributed by atoms with van der Waals surface area (Å²) in [6, 6.07) is 39.0. The van der Waals surface area contributed by atoms with Gasteiger partial charge < -0.3 is 29.2 Å². The molecule has 6 atom stereocenters. The molecule has 1 fully saturated rings. The van der Waals surface area contributed by atoms with Crippen molar-refractivity contribution in [1.29, 1.82) is 0 Å². The predicted octanol–water partition coefficient (Wildman–Crippen LogP) is 5.06. The van der Waals surface area contributed by atoms with E-state index in [0.29, 0.717) is 0 Å². The number of ether oxygens (including phenoxy) is 4. The second kappa shape index (κ2) is 14.3.